The van der Waals surface area contributed by atoms with Crippen LogP contribution < -0.4 is 10.6 Å². The first-order valence-corrected chi connectivity index (χ1v) is 5.38. The van der Waals surface area contributed by atoms with Crippen molar-refractivity contribution in [2.45, 2.75) is 12.8 Å². The van der Waals surface area contributed by atoms with Crippen LogP contribution in [0, 0.1) is 11.2 Å². The third-order valence-corrected chi connectivity index (χ3v) is 2.95. The van der Waals surface area contributed by atoms with Crippen molar-refractivity contribution in [2.24, 2.45) is 5.41 Å². The number of hydrogen-bond acceptors (Lipinski definition) is 2. The van der Waals surface area contributed by atoms with E-state index < -0.39 is 0 Å². The summed E-state index contributed by atoms with van der Waals surface area (Å²) in [5, 5.41) is 5.84. The standard InChI is InChI=1S/C12H15FN2O/c1-14-8-12(6-7-12)11(16)15-10-4-2-9(13)3-5-10/h2-5,14H,6-8H2,1H3,(H,15,16). The summed E-state index contributed by atoms with van der Waals surface area (Å²) in [5.41, 5.74) is 0.400. The zero-order valence-corrected chi connectivity index (χ0v) is 9.22. The van der Waals surface area contributed by atoms with Crippen molar-refractivity contribution in [3.63, 3.8) is 0 Å². The van der Waals surface area contributed by atoms with Gasteiger partial charge in [-0.05, 0) is 44.2 Å². The molecular formula is C12H15FN2O. The Kier molecular flexibility index (Phi) is 2.92. The van der Waals surface area contributed by atoms with E-state index in [9.17, 15) is 9.18 Å². The molecule has 0 atom stereocenters. The Hall–Kier alpha value is -1.42. The van der Waals surface area contributed by atoms with Crippen LogP contribution in [-0.4, -0.2) is 19.5 Å². The molecule has 2 N–H and O–H groups in total. The van der Waals surface area contributed by atoms with E-state index in [-0.39, 0.29) is 17.1 Å². The summed E-state index contributed by atoms with van der Waals surface area (Å²) in [5.74, 6) is -0.275. The molecule has 0 saturated heterocycles. The van der Waals surface area contributed by atoms with E-state index in [0.717, 1.165) is 12.8 Å². The second-order valence-electron chi connectivity index (χ2n) is 4.27. The molecule has 1 aromatic carbocycles. The zero-order valence-electron chi connectivity index (χ0n) is 9.22. The number of amides is 1. The number of rotatable bonds is 4. The van der Waals surface area contributed by atoms with E-state index in [1.165, 1.54) is 12.1 Å². The van der Waals surface area contributed by atoms with Gasteiger partial charge in [0.2, 0.25) is 5.91 Å². The molecule has 0 aliphatic heterocycles. The predicted molar refractivity (Wildman–Crippen MR) is 60.6 cm³/mol. The number of anilines is 1. The average Bonchev–Trinajstić information content (AvgIpc) is 3.03. The van der Waals surface area contributed by atoms with Gasteiger partial charge in [-0.2, -0.15) is 0 Å². The summed E-state index contributed by atoms with van der Waals surface area (Å²) < 4.78 is 12.7. The first-order chi connectivity index (χ1) is 7.66. The van der Waals surface area contributed by atoms with Gasteiger partial charge >= 0.3 is 0 Å². The molecule has 1 aliphatic rings. The Morgan fingerprint density at radius 1 is 1.38 bits per heavy atom. The first-order valence-electron chi connectivity index (χ1n) is 5.38. The Balaban J connectivity index is 2.00. The highest BCUT2D eigenvalue weighted by atomic mass is 19.1. The molecule has 86 valence electrons. The van der Waals surface area contributed by atoms with Crippen molar-refractivity contribution in [2.75, 3.05) is 18.9 Å². The van der Waals surface area contributed by atoms with Crippen molar-refractivity contribution < 1.29 is 9.18 Å². The van der Waals surface area contributed by atoms with Crippen LogP contribution in [0.3, 0.4) is 0 Å². The third-order valence-electron chi connectivity index (χ3n) is 2.95. The number of carbonyl (C=O) groups is 1. The smallest absolute Gasteiger partial charge is 0.231 e. The molecule has 3 nitrogen and oxygen atoms in total. The summed E-state index contributed by atoms with van der Waals surface area (Å²) in [4.78, 5) is 11.9. The van der Waals surface area contributed by atoms with Crippen LogP contribution in [0.5, 0.6) is 0 Å². The van der Waals surface area contributed by atoms with Crippen LogP contribution >= 0.6 is 0 Å². The molecule has 1 aromatic rings. The maximum Gasteiger partial charge on any atom is 0.231 e. The molecule has 1 saturated carbocycles. The van der Waals surface area contributed by atoms with Gasteiger partial charge in [-0.25, -0.2) is 4.39 Å². The lowest BCUT2D eigenvalue weighted by molar-refractivity contribution is -0.120. The number of carbonyl (C=O) groups excluding carboxylic acids is 1. The molecule has 1 aliphatic carbocycles. The molecule has 0 unspecified atom stereocenters. The summed E-state index contributed by atoms with van der Waals surface area (Å²) >= 11 is 0. The number of nitrogens with one attached hydrogen (secondary N) is 2. The van der Waals surface area contributed by atoms with Gasteiger partial charge < -0.3 is 10.6 Å². The molecule has 1 fully saturated rings. The zero-order chi connectivity index (χ0) is 11.6. The maximum absolute atomic E-state index is 12.7. The fourth-order valence-corrected chi connectivity index (χ4v) is 1.77. The van der Waals surface area contributed by atoms with Gasteiger partial charge in [0.25, 0.3) is 0 Å². The molecule has 16 heavy (non-hydrogen) atoms. The monoisotopic (exact) mass is 222 g/mol. The minimum atomic E-state index is -0.297. The maximum atomic E-state index is 12.7. The summed E-state index contributed by atoms with van der Waals surface area (Å²) in [6.45, 7) is 0.694. The van der Waals surface area contributed by atoms with Crippen LogP contribution in [0.1, 0.15) is 12.8 Å². The van der Waals surface area contributed by atoms with Crippen LogP contribution in [0.25, 0.3) is 0 Å². The third kappa shape index (κ3) is 2.22. The lowest BCUT2D eigenvalue weighted by atomic mass is 10.1. The average molecular weight is 222 g/mol. The Labute approximate surface area is 94.0 Å². The first kappa shape index (κ1) is 11.1. The summed E-state index contributed by atoms with van der Waals surface area (Å²) in [6.07, 6.45) is 1.84. The van der Waals surface area contributed by atoms with Crippen molar-refractivity contribution >= 4 is 11.6 Å². The van der Waals surface area contributed by atoms with Crippen molar-refractivity contribution in [1.29, 1.82) is 0 Å². The van der Waals surface area contributed by atoms with Crippen molar-refractivity contribution in [1.82, 2.24) is 5.32 Å². The van der Waals surface area contributed by atoms with Gasteiger partial charge in [0.05, 0.1) is 5.41 Å². The molecule has 2 rings (SSSR count). The quantitative estimate of drug-likeness (QED) is 0.815. The molecule has 0 bridgehead atoms. The van der Waals surface area contributed by atoms with Gasteiger partial charge in [0.15, 0.2) is 0 Å². The largest absolute Gasteiger partial charge is 0.326 e. The van der Waals surface area contributed by atoms with E-state index in [1.807, 2.05) is 7.05 Å². The highest BCUT2D eigenvalue weighted by molar-refractivity contribution is 5.97. The predicted octanol–water partition coefficient (Wildman–Crippen LogP) is 1.76. The molecule has 1 amide bonds. The van der Waals surface area contributed by atoms with Gasteiger partial charge in [0.1, 0.15) is 5.82 Å². The normalized spacial score (nSPS) is 16.9. The highest BCUT2D eigenvalue weighted by Crippen LogP contribution is 2.45. The molecule has 4 heteroatoms. The fourth-order valence-electron chi connectivity index (χ4n) is 1.77. The summed E-state index contributed by atoms with van der Waals surface area (Å²) in [6, 6.07) is 5.83. The topological polar surface area (TPSA) is 41.1 Å². The number of halogens is 1. The van der Waals surface area contributed by atoms with Crippen LogP contribution in [0.15, 0.2) is 24.3 Å². The Morgan fingerprint density at radius 2 is 2.00 bits per heavy atom. The lowest BCUT2D eigenvalue weighted by Crippen LogP contribution is -2.32. The van der Waals surface area contributed by atoms with Crippen LogP contribution in [-0.2, 0) is 4.79 Å². The SMILES string of the molecule is CNCC1(C(=O)Nc2ccc(F)cc2)CC1. The van der Waals surface area contributed by atoms with Crippen LogP contribution in [0.4, 0.5) is 10.1 Å². The van der Waals surface area contributed by atoms with Crippen molar-refractivity contribution in [3.05, 3.63) is 30.1 Å². The minimum Gasteiger partial charge on any atom is -0.326 e. The Morgan fingerprint density at radius 3 is 2.50 bits per heavy atom. The highest BCUT2D eigenvalue weighted by Gasteiger charge is 2.49. The van der Waals surface area contributed by atoms with Gasteiger partial charge in [-0.3, -0.25) is 4.79 Å². The molecule has 0 heterocycles. The van der Waals surface area contributed by atoms with E-state index in [1.54, 1.807) is 12.1 Å². The van der Waals surface area contributed by atoms with Gasteiger partial charge in [0, 0.05) is 12.2 Å². The van der Waals surface area contributed by atoms with E-state index >= 15 is 0 Å². The van der Waals surface area contributed by atoms with Gasteiger partial charge in [-0.15, -0.1) is 0 Å². The van der Waals surface area contributed by atoms with E-state index in [0.29, 0.717) is 12.2 Å². The Bertz CT molecular complexity index is 385. The second kappa shape index (κ2) is 4.22. The fraction of sp³-hybridized carbons (Fsp3) is 0.417. The van der Waals surface area contributed by atoms with Crippen molar-refractivity contribution in [3.8, 4) is 0 Å². The van der Waals surface area contributed by atoms with Crippen LogP contribution in [0.2, 0.25) is 0 Å². The summed E-state index contributed by atoms with van der Waals surface area (Å²) in [7, 11) is 1.84. The molecule has 0 aromatic heterocycles. The van der Waals surface area contributed by atoms with E-state index in [4.69, 9.17) is 0 Å². The molecule has 0 radical (unpaired) electrons. The number of hydrogen-bond donors (Lipinski definition) is 2. The molecular weight excluding hydrogens is 207 g/mol. The number of benzene rings is 1. The second-order valence-corrected chi connectivity index (χ2v) is 4.27. The van der Waals surface area contributed by atoms with E-state index in [2.05, 4.69) is 10.6 Å². The molecule has 0 spiro atoms. The van der Waals surface area contributed by atoms with Gasteiger partial charge in [-0.1, -0.05) is 0 Å². The lowest BCUT2D eigenvalue weighted by Gasteiger charge is -2.14. The minimum absolute atomic E-state index is 0.0217.